The van der Waals surface area contributed by atoms with Crippen molar-refractivity contribution in [3.8, 4) is 6.07 Å². The van der Waals surface area contributed by atoms with Crippen LogP contribution >= 0.6 is 0 Å². The van der Waals surface area contributed by atoms with E-state index < -0.39 is 5.54 Å². The number of nitriles is 1. The fourth-order valence-electron chi connectivity index (χ4n) is 2.93. The third-order valence-electron chi connectivity index (χ3n) is 4.05. The number of hydrogen-bond acceptors (Lipinski definition) is 4. The lowest BCUT2D eigenvalue weighted by Crippen LogP contribution is -2.53. The van der Waals surface area contributed by atoms with Crippen molar-refractivity contribution in [2.75, 3.05) is 39.3 Å². The van der Waals surface area contributed by atoms with Gasteiger partial charge in [0, 0.05) is 39.3 Å². The Hall–Kier alpha value is -1.41. The molecule has 1 aromatic rings. The Balaban J connectivity index is 1.94. The molecule has 2 rings (SSSR count). The Morgan fingerprint density at radius 3 is 2.24 bits per heavy atom. The molecule has 0 aliphatic carbocycles. The molecule has 4 nitrogen and oxygen atoms in total. The Kier molecular flexibility index (Phi) is 5.35. The quantitative estimate of drug-likeness (QED) is 0.894. The molecule has 0 saturated carbocycles. The highest BCUT2D eigenvalue weighted by molar-refractivity contribution is 5.31. The molecule has 0 amide bonds. The zero-order valence-electron chi connectivity index (χ0n) is 13.1. The van der Waals surface area contributed by atoms with Crippen LogP contribution in [0.5, 0.6) is 0 Å². The average molecular weight is 286 g/mol. The molecular weight excluding hydrogens is 260 g/mol. The van der Waals surface area contributed by atoms with Gasteiger partial charge in [0.05, 0.1) is 6.07 Å². The summed E-state index contributed by atoms with van der Waals surface area (Å²) in [4.78, 5) is 4.81. The van der Waals surface area contributed by atoms with E-state index in [1.165, 1.54) is 0 Å². The summed E-state index contributed by atoms with van der Waals surface area (Å²) in [5.74, 6) is 0.702. The molecule has 114 valence electrons. The lowest BCUT2D eigenvalue weighted by molar-refractivity contribution is 0.110. The van der Waals surface area contributed by atoms with Crippen LogP contribution in [0.1, 0.15) is 19.4 Å². The molecule has 1 aromatic carbocycles. The van der Waals surface area contributed by atoms with E-state index in [9.17, 15) is 5.26 Å². The van der Waals surface area contributed by atoms with Gasteiger partial charge >= 0.3 is 0 Å². The molecule has 21 heavy (non-hydrogen) atoms. The van der Waals surface area contributed by atoms with Crippen LogP contribution in [-0.2, 0) is 5.54 Å². The normalized spacial score (nSPS) is 20.1. The fourth-order valence-corrected chi connectivity index (χ4v) is 2.93. The maximum absolute atomic E-state index is 9.53. The van der Waals surface area contributed by atoms with E-state index in [1.54, 1.807) is 0 Å². The number of nitrogens with two attached hydrogens (primary N) is 1. The summed E-state index contributed by atoms with van der Waals surface area (Å²) in [6, 6.07) is 12.0. The van der Waals surface area contributed by atoms with Crippen LogP contribution in [0, 0.1) is 17.2 Å². The van der Waals surface area contributed by atoms with E-state index >= 15 is 0 Å². The van der Waals surface area contributed by atoms with Gasteiger partial charge in [0.15, 0.2) is 0 Å². The van der Waals surface area contributed by atoms with Crippen LogP contribution in [0.2, 0.25) is 0 Å². The highest BCUT2D eigenvalue weighted by atomic mass is 15.3. The molecule has 4 heteroatoms. The number of rotatable bonds is 5. The Morgan fingerprint density at radius 2 is 1.71 bits per heavy atom. The van der Waals surface area contributed by atoms with E-state index in [4.69, 9.17) is 5.73 Å². The molecule has 1 fully saturated rings. The third-order valence-corrected chi connectivity index (χ3v) is 4.05. The molecule has 1 aliphatic rings. The number of nitrogens with zero attached hydrogens (tertiary/aromatic N) is 3. The topological polar surface area (TPSA) is 56.3 Å². The summed E-state index contributed by atoms with van der Waals surface area (Å²) < 4.78 is 0. The van der Waals surface area contributed by atoms with E-state index in [-0.39, 0.29) is 0 Å². The predicted molar refractivity (Wildman–Crippen MR) is 85.6 cm³/mol. The first-order valence-corrected chi connectivity index (χ1v) is 7.74. The van der Waals surface area contributed by atoms with Crippen molar-refractivity contribution in [1.29, 1.82) is 5.26 Å². The van der Waals surface area contributed by atoms with Crippen LogP contribution in [0.3, 0.4) is 0 Å². The summed E-state index contributed by atoms with van der Waals surface area (Å²) >= 11 is 0. The molecule has 1 unspecified atom stereocenters. The highest BCUT2D eigenvalue weighted by Gasteiger charge is 2.31. The van der Waals surface area contributed by atoms with Gasteiger partial charge < -0.3 is 10.6 Å². The molecular formula is C17H26N4. The molecule has 0 aromatic heterocycles. The highest BCUT2D eigenvalue weighted by Crippen LogP contribution is 2.19. The van der Waals surface area contributed by atoms with Crippen molar-refractivity contribution in [3.63, 3.8) is 0 Å². The van der Waals surface area contributed by atoms with E-state index in [2.05, 4.69) is 29.7 Å². The van der Waals surface area contributed by atoms with E-state index in [0.29, 0.717) is 12.5 Å². The number of piperazine rings is 1. The van der Waals surface area contributed by atoms with Crippen molar-refractivity contribution in [1.82, 2.24) is 9.80 Å². The average Bonchev–Trinajstić information content (AvgIpc) is 2.49. The van der Waals surface area contributed by atoms with Crippen LogP contribution in [0.25, 0.3) is 0 Å². The Bertz CT molecular complexity index is 471. The van der Waals surface area contributed by atoms with Gasteiger partial charge in [-0.3, -0.25) is 4.90 Å². The second-order valence-electron chi connectivity index (χ2n) is 6.42. The molecule has 1 atom stereocenters. The van der Waals surface area contributed by atoms with Gasteiger partial charge in [-0.15, -0.1) is 0 Å². The SMILES string of the molecule is CC(C)CN1CCN(CC(N)(C#N)c2ccccc2)CC1. The van der Waals surface area contributed by atoms with Gasteiger partial charge in [-0.1, -0.05) is 44.2 Å². The van der Waals surface area contributed by atoms with Crippen LogP contribution < -0.4 is 5.73 Å². The van der Waals surface area contributed by atoms with Gasteiger partial charge in [0.25, 0.3) is 0 Å². The summed E-state index contributed by atoms with van der Waals surface area (Å²) in [5, 5.41) is 9.53. The summed E-state index contributed by atoms with van der Waals surface area (Å²) in [5.41, 5.74) is 6.33. The number of hydrogen-bond donors (Lipinski definition) is 1. The van der Waals surface area contributed by atoms with Gasteiger partial charge in [0.1, 0.15) is 5.54 Å². The Labute approximate surface area is 128 Å². The predicted octanol–water partition coefficient (Wildman–Crippen LogP) is 1.64. The Morgan fingerprint density at radius 1 is 1.14 bits per heavy atom. The van der Waals surface area contributed by atoms with Gasteiger partial charge in [-0.2, -0.15) is 5.26 Å². The zero-order chi connectivity index (χ0) is 15.3. The van der Waals surface area contributed by atoms with Crippen molar-refractivity contribution < 1.29 is 0 Å². The first-order valence-electron chi connectivity index (χ1n) is 7.74. The van der Waals surface area contributed by atoms with Crippen molar-refractivity contribution in [2.45, 2.75) is 19.4 Å². The van der Waals surface area contributed by atoms with E-state index in [0.717, 1.165) is 38.3 Å². The lowest BCUT2D eigenvalue weighted by Gasteiger charge is -2.38. The third kappa shape index (κ3) is 4.28. The van der Waals surface area contributed by atoms with Crippen LogP contribution in [0.15, 0.2) is 30.3 Å². The fraction of sp³-hybridized carbons (Fsp3) is 0.588. The largest absolute Gasteiger partial charge is 0.309 e. The maximum atomic E-state index is 9.53. The second-order valence-corrected chi connectivity index (χ2v) is 6.42. The molecule has 1 saturated heterocycles. The summed E-state index contributed by atoms with van der Waals surface area (Å²) in [6.07, 6.45) is 0. The minimum atomic E-state index is -0.915. The van der Waals surface area contributed by atoms with Crippen LogP contribution in [-0.4, -0.2) is 49.1 Å². The zero-order valence-corrected chi connectivity index (χ0v) is 13.1. The first kappa shape index (κ1) is 16.0. The summed E-state index contributed by atoms with van der Waals surface area (Å²) in [7, 11) is 0. The molecule has 0 radical (unpaired) electrons. The van der Waals surface area contributed by atoms with Crippen molar-refractivity contribution in [2.24, 2.45) is 11.7 Å². The molecule has 0 spiro atoms. The van der Waals surface area contributed by atoms with Crippen LogP contribution in [0.4, 0.5) is 0 Å². The minimum Gasteiger partial charge on any atom is -0.309 e. The second kappa shape index (κ2) is 7.04. The van der Waals surface area contributed by atoms with Gasteiger partial charge in [-0.05, 0) is 11.5 Å². The van der Waals surface area contributed by atoms with Gasteiger partial charge in [-0.25, -0.2) is 0 Å². The van der Waals surface area contributed by atoms with Crippen molar-refractivity contribution >= 4 is 0 Å². The lowest BCUT2D eigenvalue weighted by atomic mass is 9.91. The molecule has 1 heterocycles. The number of benzene rings is 1. The summed E-state index contributed by atoms with van der Waals surface area (Å²) in [6.45, 7) is 10.4. The standard InChI is InChI=1S/C17H26N4/c1-15(2)12-20-8-10-21(11-9-20)14-17(19,13-18)16-6-4-3-5-7-16/h3-7,15H,8-12,14,19H2,1-2H3. The minimum absolute atomic E-state index is 0.600. The monoisotopic (exact) mass is 286 g/mol. The van der Waals surface area contributed by atoms with E-state index in [1.807, 2.05) is 30.3 Å². The molecule has 1 aliphatic heterocycles. The molecule has 0 bridgehead atoms. The van der Waals surface area contributed by atoms with Crippen molar-refractivity contribution in [3.05, 3.63) is 35.9 Å². The maximum Gasteiger partial charge on any atom is 0.142 e. The first-order chi connectivity index (χ1) is 10.0. The van der Waals surface area contributed by atoms with Gasteiger partial charge in [0.2, 0.25) is 0 Å². The smallest absolute Gasteiger partial charge is 0.142 e. The molecule has 2 N–H and O–H groups in total.